The molecule has 0 spiro atoms. The van der Waals surface area contributed by atoms with Gasteiger partial charge in [-0.1, -0.05) is 0 Å². The first-order chi connectivity index (χ1) is 6.66. The van der Waals surface area contributed by atoms with Crippen LogP contribution in [0.2, 0.25) is 0 Å². The van der Waals surface area contributed by atoms with Crippen LogP contribution < -0.4 is 0 Å². The SMILES string of the molecule is Cc1nc(C(=O)c2cnn(C)c2)cs1. The third-order valence-electron chi connectivity index (χ3n) is 1.82. The van der Waals surface area contributed by atoms with Crippen LogP contribution in [-0.4, -0.2) is 20.5 Å². The van der Waals surface area contributed by atoms with E-state index in [4.69, 9.17) is 0 Å². The summed E-state index contributed by atoms with van der Waals surface area (Å²) in [5, 5.41) is 6.61. The summed E-state index contributed by atoms with van der Waals surface area (Å²) in [5.74, 6) is -0.0672. The lowest BCUT2D eigenvalue weighted by Gasteiger charge is -1.89. The van der Waals surface area contributed by atoms with Gasteiger partial charge in [-0.3, -0.25) is 9.48 Å². The first kappa shape index (κ1) is 9.08. The zero-order valence-electron chi connectivity index (χ0n) is 7.89. The topological polar surface area (TPSA) is 47.8 Å². The molecule has 5 heteroatoms. The van der Waals surface area contributed by atoms with Crippen molar-refractivity contribution in [3.05, 3.63) is 34.0 Å². The molecule has 0 aliphatic heterocycles. The maximum absolute atomic E-state index is 11.8. The Morgan fingerprint density at radius 2 is 2.36 bits per heavy atom. The summed E-state index contributed by atoms with van der Waals surface area (Å²) < 4.78 is 1.60. The predicted octanol–water partition coefficient (Wildman–Crippen LogP) is 1.42. The fourth-order valence-corrected chi connectivity index (χ4v) is 1.75. The van der Waals surface area contributed by atoms with Crippen molar-refractivity contribution < 1.29 is 4.79 Å². The molecule has 0 fully saturated rings. The summed E-state index contributed by atoms with van der Waals surface area (Å²) in [6.45, 7) is 1.88. The minimum Gasteiger partial charge on any atom is -0.287 e. The molecular weight excluding hydrogens is 198 g/mol. The number of carbonyl (C=O) groups is 1. The van der Waals surface area contributed by atoms with E-state index in [1.54, 1.807) is 29.5 Å². The van der Waals surface area contributed by atoms with E-state index < -0.39 is 0 Å². The van der Waals surface area contributed by atoms with E-state index in [1.807, 2.05) is 6.92 Å². The summed E-state index contributed by atoms with van der Waals surface area (Å²) in [5.41, 5.74) is 1.08. The molecule has 14 heavy (non-hydrogen) atoms. The van der Waals surface area contributed by atoms with Gasteiger partial charge < -0.3 is 0 Å². The lowest BCUT2D eigenvalue weighted by atomic mass is 10.2. The van der Waals surface area contributed by atoms with Crippen molar-refractivity contribution >= 4 is 17.1 Å². The molecule has 0 saturated carbocycles. The zero-order chi connectivity index (χ0) is 10.1. The van der Waals surface area contributed by atoms with E-state index in [-0.39, 0.29) is 5.78 Å². The first-order valence-electron chi connectivity index (χ1n) is 4.12. The molecule has 0 radical (unpaired) electrons. The normalized spacial score (nSPS) is 10.4. The Kier molecular flexibility index (Phi) is 2.17. The van der Waals surface area contributed by atoms with Crippen molar-refractivity contribution in [2.45, 2.75) is 6.92 Å². The van der Waals surface area contributed by atoms with Crippen LogP contribution in [0, 0.1) is 6.92 Å². The molecule has 0 aromatic carbocycles. The van der Waals surface area contributed by atoms with Gasteiger partial charge in [-0.05, 0) is 6.92 Å². The van der Waals surface area contributed by atoms with Gasteiger partial charge in [0.25, 0.3) is 0 Å². The molecule has 0 atom stereocenters. The molecule has 2 rings (SSSR count). The van der Waals surface area contributed by atoms with Crippen molar-refractivity contribution in [3.8, 4) is 0 Å². The number of carbonyl (C=O) groups excluding carboxylic acids is 1. The summed E-state index contributed by atoms with van der Waals surface area (Å²) in [7, 11) is 1.78. The zero-order valence-corrected chi connectivity index (χ0v) is 8.71. The molecule has 2 aromatic rings. The van der Waals surface area contributed by atoms with Crippen LogP contribution in [0.25, 0.3) is 0 Å². The third-order valence-corrected chi connectivity index (χ3v) is 2.59. The lowest BCUT2D eigenvalue weighted by molar-refractivity contribution is 0.103. The second kappa shape index (κ2) is 3.34. The molecule has 0 aliphatic rings. The van der Waals surface area contributed by atoms with Crippen LogP contribution in [0.1, 0.15) is 21.1 Å². The first-order valence-corrected chi connectivity index (χ1v) is 5.00. The predicted molar refractivity (Wildman–Crippen MR) is 53.5 cm³/mol. The Labute approximate surface area is 85.2 Å². The molecule has 0 aliphatic carbocycles. The average Bonchev–Trinajstić information content (AvgIpc) is 2.73. The summed E-state index contributed by atoms with van der Waals surface area (Å²) in [6, 6.07) is 0. The third kappa shape index (κ3) is 1.58. The molecule has 2 aromatic heterocycles. The number of thiazole rings is 1. The van der Waals surface area contributed by atoms with Crippen LogP contribution >= 0.6 is 11.3 Å². The quantitative estimate of drug-likeness (QED) is 0.700. The van der Waals surface area contributed by atoms with E-state index in [9.17, 15) is 4.79 Å². The maximum Gasteiger partial charge on any atom is 0.215 e. The van der Waals surface area contributed by atoms with Gasteiger partial charge in [0.2, 0.25) is 5.78 Å². The smallest absolute Gasteiger partial charge is 0.215 e. The lowest BCUT2D eigenvalue weighted by Crippen LogP contribution is -2.00. The molecular formula is C9H9N3OS. The molecule has 0 saturated heterocycles. The Balaban J connectivity index is 2.33. The Morgan fingerprint density at radius 1 is 1.57 bits per heavy atom. The summed E-state index contributed by atoms with van der Waals surface area (Å²) in [6.07, 6.45) is 3.24. The minimum atomic E-state index is -0.0672. The Morgan fingerprint density at radius 3 is 2.86 bits per heavy atom. The molecule has 72 valence electrons. The van der Waals surface area contributed by atoms with Crippen molar-refractivity contribution in [2.75, 3.05) is 0 Å². The number of hydrogen-bond donors (Lipinski definition) is 0. The second-order valence-corrected chi connectivity index (χ2v) is 4.05. The van der Waals surface area contributed by atoms with Crippen molar-refractivity contribution in [2.24, 2.45) is 7.05 Å². The molecule has 2 heterocycles. The van der Waals surface area contributed by atoms with Gasteiger partial charge in [0.15, 0.2) is 0 Å². The summed E-state index contributed by atoms with van der Waals surface area (Å²) in [4.78, 5) is 15.9. The fraction of sp³-hybridized carbons (Fsp3) is 0.222. The highest BCUT2D eigenvalue weighted by Crippen LogP contribution is 2.12. The summed E-state index contributed by atoms with van der Waals surface area (Å²) >= 11 is 1.48. The molecule has 0 amide bonds. The maximum atomic E-state index is 11.8. The number of aryl methyl sites for hydroxylation is 2. The van der Waals surface area contributed by atoms with Crippen LogP contribution in [-0.2, 0) is 7.05 Å². The number of rotatable bonds is 2. The van der Waals surface area contributed by atoms with E-state index in [0.29, 0.717) is 11.3 Å². The molecule has 0 unspecified atom stereocenters. The number of ketones is 1. The highest BCUT2D eigenvalue weighted by Gasteiger charge is 2.13. The Hall–Kier alpha value is -1.49. The van der Waals surface area contributed by atoms with Crippen molar-refractivity contribution in [1.29, 1.82) is 0 Å². The van der Waals surface area contributed by atoms with Crippen LogP contribution in [0.5, 0.6) is 0 Å². The standard InChI is InChI=1S/C9H9N3OS/c1-6-11-8(5-14-6)9(13)7-3-10-12(2)4-7/h3-5H,1-2H3. The van der Waals surface area contributed by atoms with Crippen molar-refractivity contribution in [3.63, 3.8) is 0 Å². The number of hydrogen-bond acceptors (Lipinski definition) is 4. The number of aromatic nitrogens is 3. The van der Waals surface area contributed by atoms with Gasteiger partial charge in [-0.15, -0.1) is 11.3 Å². The molecule has 4 nitrogen and oxygen atoms in total. The monoisotopic (exact) mass is 207 g/mol. The molecule has 0 bridgehead atoms. The minimum absolute atomic E-state index is 0.0672. The van der Waals surface area contributed by atoms with Gasteiger partial charge in [0.05, 0.1) is 16.8 Å². The van der Waals surface area contributed by atoms with Gasteiger partial charge >= 0.3 is 0 Å². The van der Waals surface area contributed by atoms with Gasteiger partial charge in [0, 0.05) is 18.6 Å². The van der Waals surface area contributed by atoms with Crippen LogP contribution in [0.15, 0.2) is 17.8 Å². The highest BCUT2D eigenvalue weighted by atomic mass is 32.1. The van der Waals surface area contributed by atoms with Gasteiger partial charge in [-0.2, -0.15) is 5.10 Å². The average molecular weight is 207 g/mol. The van der Waals surface area contributed by atoms with Gasteiger partial charge in [0.1, 0.15) is 5.69 Å². The Bertz CT molecular complexity index is 430. The van der Waals surface area contributed by atoms with E-state index in [2.05, 4.69) is 10.1 Å². The highest BCUT2D eigenvalue weighted by molar-refractivity contribution is 7.09. The largest absolute Gasteiger partial charge is 0.287 e. The van der Waals surface area contributed by atoms with E-state index in [1.165, 1.54) is 11.3 Å². The van der Waals surface area contributed by atoms with E-state index in [0.717, 1.165) is 5.01 Å². The molecule has 0 N–H and O–H groups in total. The fourth-order valence-electron chi connectivity index (χ4n) is 1.15. The van der Waals surface area contributed by atoms with Crippen LogP contribution in [0.3, 0.4) is 0 Å². The second-order valence-electron chi connectivity index (χ2n) is 2.98. The van der Waals surface area contributed by atoms with Gasteiger partial charge in [-0.25, -0.2) is 4.98 Å². The van der Waals surface area contributed by atoms with Crippen molar-refractivity contribution in [1.82, 2.24) is 14.8 Å². The van der Waals surface area contributed by atoms with E-state index >= 15 is 0 Å². The van der Waals surface area contributed by atoms with Crippen LogP contribution in [0.4, 0.5) is 0 Å². The number of nitrogens with zero attached hydrogens (tertiary/aromatic N) is 3.